The van der Waals surface area contributed by atoms with Gasteiger partial charge in [-0.3, -0.25) is 0 Å². The molecule has 0 fully saturated rings. The first-order valence-electron chi connectivity index (χ1n) is 8.94. The van der Waals surface area contributed by atoms with E-state index < -0.39 is 0 Å². The molecular formula is C19H35N3. The van der Waals surface area contributed by atoms with Gasteiger partial charge in [-0.2, -0.15) is 0 Å². The standard InChI is InChI=1S/C19H35N3/c1-7-9-11-17-14-20-15-21-18(17)22(16(3)10-8-2)13-12-19(4,5)6/h14-16H,7-13H2,1-6H3. The molecule has 3 nitrogen and oxygen atoms in total. The molecule has 1 atom stereocenters. The number of aryl methyl sites for hydroxylation is 1. The zero-order valence-corrected chi connectivity index (χ0v) is 15.5. The summed E-state index contributed by atoms with van der Waals surface area (Å²) in [6.45, 7) is 14.8. The van der Waals surface area contributed by atoms with Crippen molar-refractivity contribution in [2.24, 2.45) is 5.41 Å². The molecule has 0 bridgehead atoms. The number of aromatic nitrogens is 2. The average Bonchev–Trinajstić information content (AvgIpc) is 2.45. The summed E-state index contributed by atoms with van der Waals surface area (Å²) >= 11 is 0. The van der Waals surface area contributed by atoms with Gasteiger partial charge in [0.1, 0.15) is 12.1 Å². The van der Waals surface area contributed by atoms with Crippen LogP contribution in [0.3, 0.4) is 0 Å². The quantitative estimate of drug-likeness (QED) is 0.624. The Morgan fingerprint density at radius 3 is 2.50 bits per heavy atom. The van der Waals surface area contributed by atoms with Crippen LogP contribution in [-0.2, 0) is 6.42 Å². The van der Waals surface area contributed by atoms with E-state index in [2.05, 4.69) is 56.4 Å². The van der Waals surface area contributed by atoms with Gasteiger partial charge in [0.15, 0.2) is 0 Å². The Balaban J connectivity index is 2.98. The van der Waals surface area contributed by atoms with E-state index in [9.17, 15) is 0 Å². The minimum Gasteiger partial charge on any atom is -0.354 e. The zero-order valence-electron chi connectivity index (χ0n) is 15.5. The Morgan fingerprint density at radius 1 is 1.18 bits per heavy atom. The van der Waals surface area contributed by atoms with Crippen molar-refractivity contribution in [1.82, 2.24) is 9.97 Å². The average molecular weight is 306 g/mol. The maximum absolute atomic E-state index is 4.65. The minimum absolute atomic E-state index is 0.348. The second-order valence-electron chi connectivity index (χ2n) is 7.62. The van der Waals surface area contributed by atoms with Crippen LogP contribution >= 0.6 is 0 Å². The molecule has 0 saturated carbocycles. The topological polar surface area (TPSA) is 29.0 Å². The molecule has 0 amide bonds. The van der Waals surface area contributed by atoms with Gasteiger partial charge in [0.05, 0.1) is 0 Å². The van der Waals surface area contributed by atoms with E-state index in [1.165, 1.54) is 37.7 Å². The van der Waals surface area contributed by atoms with Crippen molar-refractivity contribution in [1.29, 1.82) is 0 Å². The van der Waals surface area contributed by atoms with Crippen molar-refractivity contribution in [3.05, 3.63) is 18.1 Å². The fourth-order valence-corrected chi connectivity index (χ4v) is 2.72. The lowest BCUT2D eigenvalue weighted by atomic mass is 9.91. The highest BCUT2D eigenvalue weighted by molar-refractivity contribution is 5.46. The second kappa shape index (κ2) is 9.12. The van der Waals surface area contributed by atoms with Gasteiger partial charge in [-0.15, -0.1) is 0 Å². The van der Waals surface area contributed by atoms with Crippen molar-refractivity contribution < 1.29 is 0 Å². The number of nitrogens with zero attached hydrogens (tertiary/aromatic N) is 3. The molecule has 0 saturated heterocycles. The molecule has 22 heavy (non-hydrogen) atoms. The van der Waals surface area contributed by atoms with Crippen LogP contribution in [0.1, 0.15) is 79.2 Å². The van der Waals surface area contributed by atoms with Gasteiger partial charge in [-0.25, -0.2) is 9.97 Å². The lowest BCUT2D eigenvalue weighted by Crippen LogP contribution is -2.37. The number of unbranched alkanes of at least 4 members (excludes halogenated alkanes) is 1. The molecule has 1 aromatic rings. The van der Waals surface area contributed by atoms with Crippen LogP contribution in [0.2, 0.25) is 0 Å². The van der Waals surface area contributed by atoms with E-state index in [4.69, 9.17) is 0 Å². The van der Waals surface area contributed by atoms with Crippen LogP contribution in [0, 0.1) is 5.41 Å². The molecule has 126 valence electrons. The summed E-state index contributed by atoms with van der Waals surface area (Å²) in [4.78, 5) is 11.4. The number of anilines is 1. The van der Waals surface area contributed by atoms with Crippen molar-refractivity contribution in [3.8, 4) is 0 Å². The molecule has 0 spiro atoms. The molecule has 0 aliphatic heterocycles. The maximum atomic E-state index is 4.65. The fraction of sp³-hybridized carbons (Fsp3) is 0.789. The largest absolute Gasteiger partial charge is 0.354 e. The fourth-order valence-electron chi connectivity index (χ4n) is 2.72. The predicted molar refractivity (Wildman–Crippen MR) is 96.4 cm³/mol. The maximum Gasteiger partial charge on any atom is 0.135 e. The summed E-state index contributed by atoms with van der Waals surface area (Å²) in [5, 5.41) is 0. The van der Waals surface area contributed by atoms with Crippen LogP contribution in [0.15, 0.2) is 12.5 Å². The number of rotatable bonds is 9. The Labute approximate surface area is 137 Å². The van der Waals surface area contributed by atoms with E-state index in [1.807, 2.05) is 6.20 Å². The smallest absolute Gasteiger partial charge is 0.135 e. The number of hydrogen-bond donors (Lipinski definition) is 0. The molecule has 1 rings (SSSR count). The van der Waals surface area contributed by atoms with Gasteiger partial charge in [-0.05, 0) is 38.0 Å². The highest BCUT2D eigenvalue weighted by Crippen LogP contribution is 2.26. The predicted octanol–water partition coefficient (Wildman–Crippen LogP) is 5.25. The van der Waals surface area contributed by atoms with Crippen molar-refractivity contribution in [2.45, 2.75) is 86.1 Å². The van der Waals surface area contributed by atoms with E-state index in [-0.39, 0.29) is 0 Å². The molecular weight excluding hydrogens is 270 g/mol. The van der Waals surface area contributed by atoms with Gasteiger partial charge >= 0.3 is 0 Å². The first kappa shape index (κ1) is 18.9. The van der Waals surface area contributed by atoms with Crippen LogP contribution in [-0.4, -0.2) is 22.6 Å². The summed E-state index contributed by atoms with van der Waals surface area (Å²) in [7, 11) is 0. The SMILES string of the molecule is CCCCc1cncnc1N(CCC(C)(C)C)C(C)CCC. The summed E-state index contributed by atoms with van der Waals surface area (Å²) < 4.78 is 0. The molecule has 0 aromatic carbocycles. The van der Waals surface area contributed by atoms with Gasteiger partial charge in [0.25, 0.3) is 0 Å². The first-order valence-corrected chi connectivity index (χ1v) is 8.94. The molecule has 1 heterocycles. The number of hydrogen-bond acceptors (Lipinski definition) is 3. The third kappa shape index (κ3) is 6.33. The minimum atomic E-state index is 0.348. The molecule has 3 heteroatoms. The van der Waals surface area contributed by atoms with Gasteiger partial charge in [-0.1, -0.05) is 47.5 Å². The van der Waals surface area contributed by atoms with E-state index in [0.29, 0.717) is 11.5 Å². The van der Waals surface area contributed by atoms with E-state index in [0.717, 1.165) is 18.8 Å². The van der Waals surface area contributed by atoms with Gasteiger partial charge < -0.3 is 4.90 Å². The van der Waals surface area contributed by atoms with Crippen molar-refractivity contribution >= 4 is 5.82 Å². The first-order chi connectivity index (χ1) is 10.4. The van der Waals surface area contributed by atoms with Crippen molar-refractivity contribution in [3.63, 3.8) is 0 Å². The molecule has 1 aromatic heterocycles. The van der Waals surface area contributed by atoms with E-state index >= 15 is 0 Å². The molecule has 0 N–H and O–H groups in total. The lowest BCUT2D eigenvalue weighted by Gasteiger charge is -2.34. The van der Waals surface area contributed by atoms with E-state index in [1.54, 1.807) is 6.33 Å². The lowest BCUT2D eigenvalue weighted by molar-refractivity contribution is 0.370. The summed E-state index contributed by atoms with van der Waals surface area (Å²) in [6.07, 6.45) is 10.8. The van der Waals surface area contributed by atoms with Gasteiger partial charge in [0, 0.05) is 24.3 Å². The highest BCUT2D eigenvalue weighted by Gasteiger charge is 2.21. The van der Waals surface area contributed by atoms with Gasteiger partial charge in [0.2, 0.25) is 0 Å². The third-order valence-corrected chi connectivity index (χ3v) is 4.18. The van der Waals surface area contributed by atoms with Crippen LogP contribution in [0.4, 0.5) is 5.82 Å². The Hall–Kier alpha value is -1.12. The molecule has 0 aliphatic carbocycles. The van der Waals surface area contributed by atoms with Crippen LogP contribution in [0.25, 0.3) is 0 Å². The second-order valence-corrected chi connectivity index (χ2v) is 7.62. The van der Waals surface area contributed by atoms with Crippen molar-refractivity contribution in [2.75, 3.05) is 11.4 Å². The molecule has 0 radical (unpaired) electrons. The van der Waals surface area contributed by atoms with Crippen LogP contribution in [0.5, 0.6) is 0 Å². The zero-order chi connectivity index (χ0) is 16.6. The normalized spacial score (nSPS) is 13.2. The summed E-state index contributed by atoms with van der Waals surface area (Å²) in [6, 6.07) is 0.530. The monoisotopic (exact) mass is 305 g/mol. The highest BCUT2D eigenvalue weighted by atomic mass is 15.2. The van der Waals surface area contributed by atoms with Crippen LogP contribution < -0.4 is 4.90 Å². The Morgan fingerprint density at radius 2 is 1.91 bits per heavy atom. The Kier molecular flexibility index (Phi) is 7.84. The summed E-state index contributed by atoms with van der Waals surface area (Å²) in [5.74, 6) is 1.16. The molecule has 0 aliphatic rings. The Bertz CT molecular complexity index is 423. The molecule has 1 unspecified atom stereocenters. The third-order valence-electron chi connectivity index (χ3n) is 4.18. The summed E-state index contributed by atoms with van der Waals surface area (Å²) in [5.41, 5.74) is 1.65.